The molecule has 0 spiro atoms. The Balaban J connectivity index is 1.55. The Labute approximate surface area is 233 Å². The zero-order valence-corrected chi connectivity index (χ0v) is 23.4. The van der Waals surface area contributed by atoms with Gasteiger partial charge >= 0.3 is 0 Å². The molecule has 1 unspecified atom stereocenters. The van der Waals surface area contributed by atoms with Gasteiger partial charge in [-0.2, -0.15) is 9.97 Å². The summed E-state index contributed by atoms with van der Waals surface area (Å²) in [7, 11) is 1.64. The van der Waals surface area contributed by atoms with Gasteiger partial charge in [0.2, 0.25) is 11.9 Å². The number of amides is 1. The van der Waals surface area contributed by atoms with Gasteiger partial charge < -0.3 is 20.7 Å². The highest BCUT2D eigenvalue weighted by molar-refractivity contribution is 6.35. The molecule has 1 atom stereocenters. The topological polar surface area (TPSA) is 106 Å². The molecule has 1 aromatic carbocycles. The van der Waals surface area contributed by atoms with Gasteiger partial charge in [0.05, 0.1) is 12.3 Å². The molecule has 3 aromatic rings. The summed E-state index contributed by atoms with van der Waals surface area (Å²) in [5.74, 6) is 2.02. The van der Waals surface area contributed by atoms with Crippen molar-refractivity contribution in [3.63, 3.8) is 0 Å². The third-order valence-corrected chi connectivity index (χ3v) is 7.27. The fourth-order valence-corrected chi connectivity index (χ4v) is 5.14. The minimum absolute atomic E-state index is 0.103. The summed E-state index contributed by atoms with van der Waals surface area (Å²) in [4.78, 5) is 27.1. The molecule has 0 aliphatic heterocycles. The summed E-state index contributed by atoms with van der Waals surface area (Å²) in [5.41, 5.74) is 1.69. The van der Waals surface area contributed by atoms with E-state index >= 15 is 0 Å². The number of carbonyl (C=O) groups is 1. The van der Waals surface area contributed by atoms with Gasteiger partial charge in [0.25, 0.3) is 0 Å². The number of carbonyl (C=O) groups excluding carboxylic acids is 1. The van der Waals surface area contributed by atoms with E-state index < -0.39 is 6.04 Å². The summed E-state index contributed by atoms with van der Waals surface area (Å²) in [6.45, 7) is 3.30. The van der Waals surface area contributed by atoms with E-state index in [0.717, 1.165) is 30.5 Å². The largest absolute Gasteiger partial charge is 0.383 e. The van der Waals surface area contributed by atoms with Gasteiger partial charge in [0, 0.05) is 42.5 Å². The van der Waals surface area contributed by atoms with Crippen molar-refractivity contribution < 1.29 is 9.53 Å². The maximum atomic E-state index is 13.5. The molecule has 2 aromatic heterocycles. The van der Waals surface area contributed by atoms with E-state index in [4.69, 9.17) is 27.9 Å². The molecule has 1 saturated carbocycles. The maximum Gasteiger partial charge on any atom is 0.242 e. The van der Waals surface area contributed by atoms with Gasteiger partial charge in [0.1, 0.15) is 24.0 Å². The highest BCUT2D eigenvalue weighted by Crippen LogP contribution is 2.29. The molecule has 11 heteroatoms. The summed E-state index contributed by atoms with van der Waals surface area (Å²) < 4.78 is 6.99. The van der Waals surface area contributed by atoms with Gasteiger partial charge in [-0.15, -0.1) is 0 Å². The lowest BCUT2D eigenvalue weighted by Crippen LogP contribution is -2.41. The second-order valence-electron chi connectivity index (χ2n) is 9.67. The standard InChI is InChI=1S/C27H35Cl2N7O2/c1-18-16-36(17-32-18)25-14-24(34-27(35-25)30-10-11-38-2)33-23(12-19-6-4-3-5-7-19)26(37)31-15-20-8-9-21(28)13-22(20)29/h8-9,13-14,16-17,19,23H,3-7,10-12,15H2,1-2H3,(H,31,37)(H2,30,33,34,35). The van der Waals surface area contributed by atoms with Crippen LogP contribution >= 0.6 is 23.2 Å². The third kappa shape index (κ3) is 8.06. The molecule has 1 fully saturated rings. The Bertz CT molecular complexity index is 1210. The number of methoxy groups -OCH3 is 1. The van der Waals surface area contributed by atoms with Crippen LogP contribution in [0, 0.1) is 12.8 Å². The van der Waals surface area contributed by atoms with Crippen LogP contribution in [-0.4, -0.2) is 51.7 Å². The lowest BCUT2D eigenvalue weighted by atomic mass is 9.84. The van der Waals surface area contributed by atoms with Gasteiger partial charge in [0.15, 0.2) is 0 Å². The quantitative estimate of drug-likeness (QED) is 0.255. The lowest BCUT2D eigenvalue weighted by molar-refractivity contribution is -0.122. The molecular formula is C27H35Cl2N7O2. The second-order valence-corrected chi connectivity index (χ2v) is 10.5. The van der Waals surface area contributed by atoms with Crippen molar-refractivity contribution in [1.29, 1.82) is 0 Å². The molecule has 0 radical (unpaired) electrons. The summed E-state index contributed by atoms with van der Waals surface area (Å²) in [6.07, 6.45) is 10.2. The number of imidazole rings is 1. The molecule has 2 heterocycles. The van der Waals surface area contributed by atoms with E-state index in [1.807, 2.05) is 29.8 Å². The molecular weight excluding hydrogens is 525 g/mol. The normalized spacial score (nSPS) is 14.7. The van der Waals surface area contributed by atoms with E-state index in [2.05, 4.69) is 30.9 Å². The molecule has 1 aliphatic carbocycles. The van der Waals surface area contributed by atoms with Gasteiger partial charge in [-0.05, 0) is 37.0 Å². The van der Waals surface area contributed by atoms with Crippen LogP contribution < -0.4 is 16.0 Å². The predicted octanol–water partition coefficient (Wildman–Crippen LogP) is 5.40. The van der Waals surface area contributed by atoms with Crippen LogP contribution in [0.2, 0.25) is 10.0 Å². The number of anilines is 2. The number of hydrogen-bond acceptors (Lipinski definition) is 7. The Morgan fingerprint density at radius 3 is 2.71 bits per heavy atom. The molecule has 9 nitrogen and oxygen atoms in total. The fourth-order valence-electron chi connectivity index (χ4n) is 4.67. The number of nitrogens with zero attached hydrogens (tertiary/aromatic N) is 4. The molecule has 0 bridgehead atoms. The second kappa shape index (κ2) is 13.8. The molecule has 3 N–H and O–H groups in total. The first kappa shape index (κ1) is 28.1. The predicted molar refractivity (Wildman–Crippen MR) is 151 cm³/mol. The van der Waals surface area contributed by atoms with Crippen molar-refractivity contribution in [1.82, 2.24) is 24.8 Å². The summed E-state index contributed by atoms with van der Waals surface area (Å²) in [5, 5.41) is 10.7. The minimum atomic E-state index is -0.469. The summed E-state index contributed by atoms with van der Waals surface area (Å²) in [6, 6.07) is 6.64. The van der Waals surface area contributed by atoms with Crippen molar-refractivity contribution in [3.8, 4) is 5.82 Å². The Morgan fingerprint density at radius 1 is 1.18 bits per heavy atom. The number of hydrogen-bond donors (Lipinski definition) is 3. The van der Waals surface area contributed by atoms with Crippen LogP contribution in [0.4, 0.5) is 11.8 Å². The van der Waals surface area contributed by atoms with Crippen molar-refractivity contribution in [3.05, 3.63) is 58.1 Å². The van der Waals surface area contributed by atoms with E-state index in [1.54, 1.807) is 25.6 Å². The van der Waals surface area contributed by atoms with Gasteiger partial charge in [-0.25, -0.2) is 4.98 Å². The average Bonchev–Trinajstić information content (AvgIpc) is 3.35. The zero-order valence-electron chi connectivity index (χ0n) is 21.8. The van der Waals surface area contributed by atoms with E-state index in [1.165, 1.54) is 19.3 Å². The first-order chi connectivity index (χ1) is 18.4. The smallest absolute Gasteiger partial charge is 0.242 e. The van der Waals surface area contributed by atoms with Gasteiger partial charge in [-0.3, -0.25) is 9.36 Å². The third-order valence-electron chi connectivity index (χ3n) is 6.68. The minimum Gasteiger partial charge on any atom is -0.383 e. The fraction of sp³-hybridized carbons (Fsp3) is 0.481. The average molecular weight is 561 g/mol. The van der Waals surface area contributed by atoms with Crippen LogP contribution in [0.5, 0.6) is 0 Å². The van der Waals surface area contributed by atoms with Crippen molar-refractivity contribution in [2.24, 2.45) is 5.92 Å². The van der Waals surface area contributed by atoms with Gasteiger partial charge in [-0.1, -0.05) is 61.4 Å². The Hall–Kier alpha value is -2.88. The number of halogens is 2. The van der Waals surface area contributed by atoms with E-state index in [-0.39, 0.29) is 5.91 Å². The monoisotopic (exact) mass is 559 g/mol. The number of benzene rings is 1. The van der Waals surface area contributed by atoms with Crippen LogP contribution in [0.15, 0.2) is 36.8 Å². The number of nitrogens with one attached hydrogen (secondary N) is 3. The molecule has 1 aliphatic rings. The first-order valence-electron chi connectivity index (χ1n) is 13.0. The van der Waals surface area contributed by atoms with Crippen LogP contribution in [0.25, 0.3) is 5.82 Å². The maximum absolute atomic E-state index is 13.5. The van der Waals surface area contributed by atoms with Crippen molar-refractivity contribution >= 4 is 40.9 Å². The lowest BCUT2D eigenvalue weighted by Gasteiger charge is -2.27. The van der Waals surface area contributed by atoms with Crippen LogP contribution in [-0.2, 0) is 16.1 Å². The van der Waals surface area contributed by atoms with E-state index in [9.17, 15) is 4.79 Å². The number of ether oxygens (including phenoxy) is 1. The number of aryl methyl sites for hydroxylation is 1. The number of aromatic nitrogens is 4. The van der Waals surface area contributed by atoms with E-state index in [0.29, 0.717) is 53.2 Å². The summed E-state index contributed by atoms with van der Waals surface area (Å²) >= 11 is 12.4. The molecule has 38 heavy (non-hydrogen) atoms. The molecule has 0 saturated heterocycles. The number of rotatable bonds is 12. The first-order valence-corrected chi connectivity index (χ1v) is 13.8. The van der Waals surface area contributed by atoms with Crippen LogP contribution in [0.1, 0.15) is 49.8 Å². The van der Waals surface area contributed by atoms with Crippen molar-refractivity contribution in [2.75, 3.05) is 30.9 Å². The zero-order chi connectivity index (χ0) is 26.9. The Morgan fingerprint density at radius 2 is 2.00 bits per heavy atom. The molecule has 4 rings (SSSR count). The Kier molecular flexibility index (Phi) is 10.2. The van der Waals surface area contributed by atoms with Crippen molar-refractivity contribution in [2.45, 2.75) is 58.0 Å². The molecule has 1 amide bonds. The van der Waals surface area contributed by atoms with Crippen LogP contribution in [0.3, 0.4) is 0 Å². The highest BCUT2D eigenvalue weighted by atomic mass is 35.5. The molecule has 204 valence electrons. The highest BCUT2D eigenvalue weighted by Gasteiger charge is 2.25. The SMILES string of the molecule is COCCNc1nc(NC(CC2CCCCC2)C(=O)NCc2ccc(Cl)cc2Cl)cc(-n2cnc(C)c2)n1.